The van der Waals surface area contributed by atoms with Gasteiger partial charge in [0.25, 0.3) is 5.91 Å². The van der Waals surface area contributed by atoms with Crippen LogP contribution in [0.25, 0.3) is 0 Å². The van der Waals surface area contributed by atoms with Crippen molar-refractivity contribution in [3.63, 3.8) is 0 Å². The van der Waals surface area contributed by atoms with Crippen LogP contribution < -0.4 is 10.2 Å². The van der Waals surface area contributed by atoms with E-state index < -0.39 is 0 Å². The molecule has 2 heterocycles. The maximum atomic E-state index is 12.2. The van der Waals surface area contributed by atoms with E-state index in [2.05, 4.69) is 5.32 Å². The van der Waals surface area contributed by atoms with Gasteiger partial charge in [-0.15, -0.1) is 0 Å². The number of amides is 1. The first kappa shape index (κ1) is 12.0. The zero-order valence-electron chi connectivity index (χ0n) is 9.99. The number of nitrogens with zero attached hydrogens (tertiary/aromatic N) is 1. The van der Waals surface area contributed by atoms with Gasteiger partial charge >= 0.3 is 0 Å². The highest BCUT2D eigenvalue weighted by Gasteiger charge is 2.46. The monoisotopic (exact) mass is 266 g/mol. The summed E-state index contributed by atoms with van der Waals surface area (Å²) >= 11 is 5.90. The predicted octanol–water partition coefficient (Wildman–Crippen LogP) is 1.44. The van der Waals surface area contributed by atoms with Crippen LogP contribution in [0.5, 0.6) is 0 Å². The fourth-order valence-electron chi connectivity index (χ4n) is 2.77. The number of morpholine rings is 1. The number of nitrogens with one attached hydrogen (secondary N) is 1. The van der Waals surface area contributed by atoms with Crippen LogP contribution in [-0.2, 0) is 9.53 Å². The number of anilines is 1. The lowest BCUT2D eigenvalue weighted by atomic mass is 9.94. The Balaban J connectivity index is 1.99. The van der Waals surface area contributed by atoms with Gasteiger partial charge in [-0.3, -0.25) is 4.79 Å². The van der Waals surface area contributed by atoms with Gasteiger partial charge in [-0.2, -0.15) is 0 Å². The minimum absolute atomic E-state index is 0.0206. The highest BCUT2D eigenvalue weighted by Crippen LogP contribution is 2.33. The number of ether oxygens (including phenoxy) is 1. The summed E-state index contributed by atoms with van der Waals surface area (Å²) in [6.45, 7) is 2.45. The summed E-state index contributed by atoms with van der Waals surface area (Å²) in [6, 6.07) is 7.42. The van der Waals surface area contributed by atoms with E-state index in [-0.39, 0.29) is 18.1 Å². The van der Waals surface area contributed by atoms with Gasteiger partial charge in [-0.05, 0) is 37.2 Å². The second-order valence-electron chi connectivity index (χ2n) is 4.85. The summed E-state index contributed by atoms with van der Waals surface area (Å²) in [4.78, 5) is 14.1. The topological polar surface area (TPSA) is 41.6 Å². The normalized spacial score (nSPS) is 28.1. The Morgan fingerprint density at radius 1 is 1.33 bits per heavy atom. The molecule has 1 atom stereocenters. The fourth-order valence-corrected chi connectivity index (χ4v) is 2.90. The highest BCUT2D eigenvalue weighted by atomic mass is 35.5. The number of hydrogen-bond donors (Lipinski definition) is 1. The van der Waals surface area contributed by atoms with Gasteiger partial charge in [0.2, 0.25) is 0 Å². The Hall–Kier alpha value is -1.10. The minimum Gasteiger partial charge on any atom is -0.369 e. The van der Waals surface area contributed by atoms with E-state index in [1.165, 1.54) is 0 Å². The fraction of sp³-hybridized carbons (Fsp3) is 0.462. The summed E-state index contributed by atoms with van der Waals surface area (Å²) < 4.78 is 5.44. The van der Waals surface area contributed by atoms with E-state index in [4.69, 9.17) is 16.3 Å². The van der Waals surface area contributed by atoms with Gasteiger partial charge < -0.3 is 15.0 Å². The van der Waals surface area contributed by atoms with Crippen molar-refractivity contribution in [2.75, 3.05) is 31.2 Å². The molecular formula is C13H15ClN2O2. The largest absolute Gasteiger partial charge is 0.369 e. The first-order chi connectivity index (χ1) is 8.71. The molecular weight excluding hydrogens is 252 g/mol. The third-order valence-corrected chi connectivity index (χ3v) is 3.88. The van der Waals surface area contributed by atoms with E-state index in [0.29, 0.717) is 11.6 Å². The lowest BCUT2D eigenvalue weighted by Gasteiger charge is -2.43. The quantitative estimate of drug-likeness (QED) is 0.836. The van der Waals surface area contributed by atoms with Gasteiger partial charge in [-0.25, -0.2) is 0 Å². The molecule has 1 aromatic carbocycles. The number of benzene rings is 1. The molecule has 2 aliphatic rings. The van der Waals surface area contributed by atoms with Crippen molar-refractivity contribution < 1.29 is 9.53 Å². The molecule has 0 bridgehead atoms. The second-order valence-corrected chi connectivity index (χ2v) is 5.29. The minimum atomic E-state index is -0.233. The van der Waals surface area contributed by atoms with E-state index >= 15 is 0 Å². The Kier molecular flexibility index (Phi) is 3.01. The molecule has 0 saturated carbocycles. The van der Waals surface area contributed by atoms with E-state index in [1.54, 1.807) is 0 Å². The lowest BCUT2D eigenvalue weighted by Crippen LogP contribution is -2.61. The van der Waals surface area contributed by atoms with Crippen LogP contribution in [0.2, 0.25) is 5.02 Å². The first-order valence-electron chi connectivity index (χ1n) is 6.08. The molecule has 2 aliphatic heterocycles. The number of hydrogen-bond acceptors (Lipinski definition) is 3. The summed E-state index contributed by atoms with van der Waals surface area (Å²) in [6.07, 6.45) is 0.918. The molecule has 2 saturated heterocycles. The zero-order valence-corrected chi connectivity index (χ0v) is 10.7. The molecule has 96 valence electrons. The molecule has 1 unspecified atom stereocenters. The molecule has 18 heavy (non-hydrogen) atoms. The number of halogens is 1. The van der Waals surface area contributed by atoms with Crippen LogP contribution in [0.15, 0.2) is 24.3 Å². The van der Waals surface area contributed by atoms with E-state index in [1.807, 2.05) is 29.2 Å². The average Bonchev–Trinajstić information content (AvgIpc) is 2.80. The van der Waals surface area contributed by atoms with Crippen LogP contribution in [0.3, 0.4) is 0 Å². The third kappa shape index (κ3) is 1.90. The van der Waals surface area contributed by atoms with E-state index in [9.17, 15) is 4.79 Å². The molecule has 3 rings (SSSR count). The van der Waals surface area contributed by atoms with Crippen molar-refractivity contribution in [1.82, 2.24) is 5.32 Å². The molecule has 0 aromatic heterocycles. The molecule has 4 nitrogen and oxygen atoms in total. The SMILES string of the molecule is O=C1COCC2(CCNC2)N1c1ccc(Cl)cc1. The zero-order chi connectivity index (χ0) is 12.6. The van der Waals surface area contributed by atoms with Gasteiger partial charge in [0.05, 0.1) is 12.1 Å². The smallest absolute Gasteiger partial charge is 0.253 e. The first-order valence-corrected chi connectivity index (χ1v) is 6.46. The Morgan fingerprint density at radius 2 is 2.11 bits per heavy atom. The van der Waals surface area contributed by atoms with Crippen molar-refractivity contribution in [3.8, 4) is 0 Å². The number of carbonyl (C=O) groups is 1. The van der Waals surface area contributed by atoms with Crippen LogP contribution in [0.1, 0.15) is 6.42 Å². The van der Waals surface area contributed by atoms with Crippen molar-refractivity contribution >= 4 is 23.2 Å². The van der Waals surface area contributed by atoms with Gasteiger partial charge in [0.15, 0.2) is 0 Å². The third-order valence-electron chi connectivity index (χ3n) is 3.63. The molecule has 1 amide bonds. The summed E-state index contributed by atoms with van der Waals surface area (Å²) in [7, 11) is 0. The lowest BCUT2D eigenvalue weighted by molar-refractivity contribution is -0.129. The van der Waals surface area contributed by atoms with E-state index in [0.717, 1.165) is 25.2 Å². The Labute approximate surface area is 111 Å². The number of carbonyl (C=O) groups excluding carboxylic acids is 1. The summed E-state index contributed by atoms with van der Waals surface area (Å²) in [5.74, 6) is 0.0206. The molecule has 5 heteroatoms. The molecule has 0 radical (unpaired) electrons. The maximum absolute atomic E-state index is 12.2. The van der Waals surface area contributed by atoms with Crippen molar-refractivity contribution in [1.29, 1.82) is 0 Å². The Morgan fingerprint density at radius 3 is 2.78 bits per heavy atom. The molecule has 1 aromatic rings. The second kappa shape index (κ2) is 4.53. The standard InChI is InChI=1S/C13H15ClN2O2/c14-10-1-3-11(4-2-10)16-12(17)7-18-9-13(16)5-6-15-8-13/h1-4,15H,5-9H2. The Bertz CT molecular complexity index is 455. The van der Waals surface area contributed by atoms with Crippen molar-refractivity contribution in [2.45, 2.75) is 12.0 Å². The van der Waals surface area contributed by atoms with Gasteiger partial charge in [-0.1, -0.05) is 11.6 Å². The summed E-state index contributed by atoms with van der Waals surface area (Å²) in [5, 5.41) is 3.99. The summed E-state index contributed by atoms with van der Waals surface area (Å²) in [5.41, 5.74) is 0.666. The van der Waals surface area contributed by atoms with Gasteiger partial charge in [0, 0.05) is 17.3 Å². The van der Waals surface area contributed by atoms with Crippen LogP contribution >= 0.6 is 11.6 Å². The molecule has 1 spiro atoms. The molecule has 0 aliphatic carbocycles. The van der Waals surface area contributed by atoms with Crippen molar-refractivity contribution in [3.05, 3.63) is 29.3 Å². The average molecular weight is 267 g/mol. The van der Waals surface area contributed by atoms with Crippen LogP contribution in [0.4, 0.5) is 5.69 Å². The maximum Gasteiger partial charge on any atom is 0.253 e. The highest BCUT2D eigenvalue weighted by molar-refractivity contribution is 6.30. The van der Waals surface area contributed by atoms with Crippen LogP contribution in [-0.4, -0.2) is 37.7 Å². The molecule has 1 N–H and O–H groups in total. The van der Waals surface area contributed by atoms with Gasteiger partial charge in [0.1, 0.15) is 6.61 Å². The van der Waals surface area contributed by atoms with Crippen LogP contribution in [0, 0.1) is 0 Å². The number of rotatable bonds is 1. The molecule has 2 fully saturated rings. The van der Waals surface area contributed by atoms with Crippen molar-refractivity contribution in [2.24, 2.45) is 0 Å². The predicted molar refractivity (Wildman–Crippen MR) is 70.0 cm³/mol.